The zero-order chi connectivity index (χ0) is 10.3. The lowest BCUT2D eigenvalue weighted by Gasteiger charge is -2.05. The highest BCUT2D eigenvalue weighted by Crippen LogP contribution is 1.95. The van der Waals surface area contributed by atoms with Crippen molar-refractivity contribution in [2.24, 2.45) is 4.99 Å². The Morgan fingerprint density at radius 2 is 1.92 bits per heavy atom. The number of hydrogen-bond acceptors (Lipinski definition) is 2. The lowest BCUT2D eigenvalue weighted by atomic mass is 10.4. The zero-order valence-electron chi connectivity index (χ0n) is 9.01. The molecule has 0 aromatic rings. The number of methoxy groups -OCH3 is 1. The fourth-order valence-corrected chi connectivity index (χ4v) is 0.849. The summed E-state index contributed by atoms with van der Waals surface area (Å²) in [6, 6.07) is 0. The van der Waals surface area contributed by atoms with Crippen molar-refractivity contribution in [3.8, 4) is 0 Å². The van der Waals surface area contributed by atoms with E-state index >= 15 is 0 Å². The van der Waals surface area contributed by atoms with E-state index in [1.165, 1.54) is 0 Å². The Balaban J connectivity index is 4.22. The predicted molar refractivity (Wildman–Crippen MR) is 56.4 cm³/mol. The monoisotopic (exact) mass is 182 g/mol. The topological polar surface area (TPSA) is 33.6 Å². The highest BCUT2D eigenvalue weighted by molar-refractivity contribution is 5.81. The van der Waals surface area contributed by atoms with E-state index in [0.717, 1.165) is 17.2 Å². The number of ether oxygens (including phenoxy) is 1. The van der Waals surface area contributed by atoms with Crippen molar-refractivity contribution in [3.63, 3.8) is 0 Å². The molecule has 3 nitrogen and oxygen atoms in total. The maximum atomic E-state index is 4.84. The molecule has 0 fully saturated rings. The van der Waals surface area contributed by atoms with Gasteiger partial charge in [0.15, 0.2) is 0 Å². The van der Waals surface area contributed by atoms with Gasteiger partial charge in [0, 0.05) is 11.4 Å². The summed E-state index contributed by atoms with van der Waals surface area (Å²) in [7, 11) is 1.62. The van der Waals surface area contributed by atoms with E-state index in [1.807, 2.05) is 33.8 Å². The molecular formula is C10H18N2O. The van der Waals surface area contributed by atoms with Crippen LogP contribution in [0.5, 0.6) is 0 Å². The maximum Gasteiger partial charge on any atom is 0.103 e. The Bertz CT molecular complexity index is 239. The Labute approximate surface area is 80.2 Å². The van der Waals surface area contributed by atoms with E-state index in [1.54, 1.807) is 13.4 Å². The van der Waals surface area contributed by atoms with Crippen LogP contribution in [0.4, 0.5) is 0 Å². The van der Waals surface area contributed by atoms with Crippen molar-refractivity contribution in [2.45, 2.75) is 27.7 Å². The van der Waals surface area contributed by atoms with Crippen LogP contribution in [0.2, 0.25) is 0 Å². The van der Waals surface area contributed by atoms with Crippen molar-refractivity contribution in [1.29, 1.82) is 0 Å². The molecular weight excluding hydrogens is 164 g/mol. The second kappa shape index (κ2) is 6.29. The Hall–Kier alpha value is -1.25. The molecule has 0 aliphatic carbocycles. The maximum absolute atomic E-state index is 4.84. The van der Waals surface area contributed by atoms with E-state index in [4.69, 9.17) is 4.74 Å². The van der Waals surface area contributed by atoms with E-state index < -0.39 is 0 Å². The Morgan fingerprint density at radius 3 is 2.38 bits per heavy atom. The number of amidine groups is 1. The van der Waals surface area contributed by atoms with Gasteiger partial charge in [-0.05, 0) is 27.7 Å². The lowest BCUT2D eigenvalue weighted by Crippen LogP contribution is -2.18. The molecule has 0 heterocycles. The first-order chi connectivity index (χ1) is 6.10. The van der Waals surface area contributed by atoms with Gasteiger partial charge >= 0.3 is 0 Å². The van der Waals surface area contributed by atoms with Crippen molar-refractivity contribution >= 4 is 5.84 Å². The quantitative estimate of drug-likeness (QED) is 0.413. The molecule has 0 aliphatic rings. The molecule has 0 saturated carbocycles. The minimum absolute atomic E-state index is 0.862. The summed E-state index contributed by atoms with van der Waals surface area (Å²) < 4.78 is 4.84. The molecule has 0 aromatic heterocycles. The molecule has 0 aromatic carbocycles. The highest BCUT2D eigenvalue weighted by atomic mass is 16.5. The molecule has 0 rings (SSSR count). The van der Waals surface area contributed by atoms with Crippen molar-refractivity contribution in [1.82, 2.24) is 5.32 Å². The predicted octanol–water partition coefficient (Wildman–Crippen LogP) is 2.43. The van der Waals surface area contributed by atoms with Crippen LogP contribution in [-0.2, 0) is 4.74 Å². The summed E-state index contributed by atoms with van der Waals surface area (Å²) in [5.41, 5.74) is 1.93. The number of aliphatic imine (C=N–C) groups is 1. The van der Waals surface area contributed by atoms with E-state index in [9.17, 15) is 0 Å². The van der Waals surface area contributed by atoms with Gasteiger partial charge in [0.1, 0.15) is 12.1 Å². The molecule has 0 spiro atoms. The number of nitrogens with one attached hydrogen (secondary N) is 1. The van der Waals surface area contributed by atoms with Gasteiger partial charge in [-0.3, -0.25) is 0 Å². The average Bonchev–Trinajstić information content (AvgIpc) is 2.04. The third-order valence-electron chi connectivity index (χ3n) is 1.43. The summed E-state index contributed by atoms with van der Waals surface area (Å²) >= 11 is 0. The van der Waals surface area contributed by atoms with Crippen LogP contribution in [0.25, 0.3) is 0 Å². The third kappa shape index (κ3) is 5.96. The molecule has 0 unspecified atom stereocenters. The lowest BCUT2D eigenvalue weighted by molar-refractivity contribution is 0.332. The summed E-state index contributed by atoms with van der Waals surface area (Å²) in [5, 5.41) is 3.09. The summed E-state index contributed by atoms with van der Waals surface area (Å²) in [6.07, 6.45) is 3.60. The average molecular weight is 182 g/mol. The van der Waals surface area contributed by atoms with Gasteiger partial charge in [-0.2, -0.15) is 0 Å². The first-order valence-corrected chi connectivity index (χ1v) is 4.25. The van der Waals surface area contributed by atoms with Gasteiger partial charge < -0.3 is 10.1 Å². The number of nitrogens with zero attached hydrogens (tertiary/aromatic N) is 1. The third-order valence-corrected chi connectivity index (χ3v) is 1.43. The first-order valence-electron chi connectivity index (χ1n) is 4.25. The van der Waals surface area contributed by atoms with Crippen LogP contribution in [0.1, 0.15) is 27.7 Å². The number of allylic oxidation sites excluding steroid dienone is 3. The highest BCUT2D eigenvalue weighted by Gasteiger charge is 1.91. The second-order valence-electron chi connectivity index (χ2n) is 2.79. The first kappa shape index (κ1) is 11.8. The van der Waals surface area contributed by atoms with Gasteiger partial charge in [-0.15, -0.1) is 0 Å². The second-order valence-corrected chi connectivity index (χ2v) is 2.79. The largest absolute Gasteiger partial charge is 0.503 e. The molecule has 74 valence electrons. The molecule has 1 N–H and O–H groups in total. The van der Waals surface area contributed by atoms with Crippen LogP contribution >= 0.6 is 0 Å². The van der Waals surface area contributed by atoms with E-state index in [-0.39, 0.29) is 0 Å². The summed E-state index contributed by atoms with van der Waals surface area (Å²) in [4.78, 5) is 4.29. The normalized spacial score (nSPS) is 14.4. The van der Waals surface area contributed by atoms with Crippen LogP contribution in [0.3, 0.4) is 0 Å². The smallest absolute Gasteiger partial charge is 0.103 e. The van der Waals surface area contributed by atoms with Gasteiger partial charge in [0.05, 0.1) is 7.11 Å². The number of rotatable bonds is 3. The standard InChI is InChI=1S/C10H18N2O/c1-6-8(2)11-10(4)12-9(3)7-13-5/h6-7H,1-5H3,(H,11,12)/b8-6?,9-7-. The minimum atomic E-state index is 0.862. The summed E-state index contributed by atoms with van der Waals surface area (Å²) in [6.45, 7) is 7.76. The van der Waals surface area contributed by atoms with Crippen LogP contribution in [0.15, 0.2) is 28.7 Å². The van der Waals surface area contributed by atoms with Crippen LogP contribution in [-0.4, -0.2) is 12.9 Å². The van der Waals surface area contributed by atoms with Gasteiger partial charge in [-0.1, -0.05) is 6.08 Å². The SMILES string of the molecule is CC=C(C)N=C(C)N/C(C)=C\OC. The Kier molecular flexibility index (Phi) is 5.68. The Morgan fingerprint density at radius 1 is 1.31 bits per heavy atom. The summed E-state index contributed by atoms with van der Waals surface area (Å²) in [5.74, 6) is 0.862. The molecule has 0 saturated heterocycles. The minimum Gasteiger partial charge on any atom is -0.503 e. The molecule has 13 heavy (non-hydrogen) atoms. The molecule has 0 radical (unpaired) electrons. The molecule has 0 atom stereocenters. The van der Waals surface area contributed by atoms with Crippen molar-refractivity contribution in [2.75, 3.05) is 7.11 Å². The van der Waals surface area contributed by atoms with E-state index in [2.05, 4.69) is 10.3 Å². The van der Waals surface area contributed by atoms with Crippen molar-refractivity contribution in [3.05, 3.63) is 23.7 Å². The molecule has 0 bridgehead atoms. The van der Waals surface area contributed by atoms with Crippen molar-refractivity contribution < 1.29 is 4.74 Å². The van der Waals surface area contributed by atoms with Crippen LogP contribution in [0, 0.1) is 0 Å². The fraction of sp³-hybridized carbons (Fsp3) is 0.500. The van der Waals surface area contributed by atoms with Gasteiger partial charge in [0.25, 0.3) is 0 Å². The number of hydrogen-bond donors (Lipinski definition) is 1. The molecule has 0 aliphatic heterocycles. The molecule has 0 amide bonds. The fourth-order valence-electron chi connectivity index (χ4n) is 0.849. The van der Waals surface area contributed by atoms with E-state index in [0.29, 0.717) is 0 Å². The van der Waals surface area contributed by atoms with Gasteiger partial charge in [-0.25, -0.2) is 4.99 Å². The van der Waals surface area contributed by atoms with Crippen LogP contribution < -0.4 is 5.32 Å². The molecule has 3 heteroatoms. The zero-order valence-corrected chi connectivity index (χ0v) is 9.01. The van der Waals surface area contributed by atoms with Gasteiger partial charge in [0.2, 0.25) is 0 Å².